The number of amides is 1. The molecule has 1 saturated heterocycles. The van der Waals surface area contributed by atoms with Crippen LogP contribution in [0.15, 0.2) is 64.8 Å². The van der Waals surface area contributed by atoms with Gasteiger partial charge in [-0.05, 0) is 50.1 Å². The molecule has 0 spiro atoms. The number of carbonyl (C=O) groups is 2. The van der Waals surface area contributed by atoms with Crippen molar-refractivity contribution in [3.05, 3.63) is 71.1 Å². The highest BCUT2D eigenvalue weighted by atomic mass is 32.2. The topological polar surface area (TPSA) is 167 Å². The van der Waals surface area contributed by atoms with Gasteiger partial charge in [-0.15, -0.1) is 5.01 Å². The van der Waals surface area contributed by atoms with Gasteiger partial charge in [-0.25, -0.2) is 22.6 Å². The Morgan fingerprint density at radius 2 is 1.82 bits per heavy atom. The fourth-order valence-electron chi connectivity index (χ4n) is 4.25. The number of aryl methyl sites for hydroxylation is 1. The predicted octanol–water partition coefficient (Wildman–Crippen LogP) is 4.07. The van der Waals surface area contributed by atoms with E-state index < -0.39 is 46.3 Å². The minimum Gasteiger partial charge on any atom is -0.569 e. The van der Waals surface area contributed by atoms with E-state index in [0.29, 0.717) is 12.0 Å². The number of halogens is 3. The van der Waals surface area contributed by atoms with Gasteiger partial charge in [-0.1, -0.05) is 29.8 Å². The average Bonchev–Trinajstić information content (AvgIpc) is 3.65. The predicted molar refractivity (Wildman–Crippen MR) is 144 cm³/mol. The molecule has 3 aromatic rings. The van der Waals surface area contributed by atoms with Crippen molar-refractivity contribution in [2.45, 2.75) is 50.1 Å². The number of ether oxygens (including phenoxy) is 2. The number of alkyl halides is 3. The van der Waals surface area contributed by atoms with Crippen LogP contribution in [0.1, 0.15) is 31.0 Å². The van der Waals surface area contributed by atoms with Gasteiger partial charge in [0, 0.05) is 12.5 Å². The van der Waals surface area contributed by atoms with Gasteiger partial charge in [0.1, 0.15) is 0 Å². The maximum Gasteiger partial charge on any atom is 0.511 e. The number of aromatic nitrogens is 2. The molecule has 1 unspecified atom stereocenters. The quantitative estimate of drug-likeness (QED) is 0.118. The van der Waals surface area contributed by atoms with Gasteiger partial charge >= 0.3 is 12.3 Å². The molecule has 2 heterocycles. The molecule has 1 aliphatic heterocycles. The van der Waals surface area contributed by atoms with Crippen molar-refractivity contribution in [3.63, 3.8) is 0 Å². The zero-order valence-electron chi connectivity index (χ0n) is 23.5. The normalized spacial score (nSPS) is 16.4. The molecule has 1 aliphatic rings. The molecular formula is C26H27F3N6O8S. The molecular weight excluding hydrogens is 613 g/mol. The van der Waals surface area contributed by atoms with Crippen molar-refractivity contribution >= 4 is 22.1 Å². The summed E-state index contributed by atoms with van der Waals surface area (Å²) in [5.41, 5.74) is 0.494. The molecule has 0 bridgehead atoms. The molecule has 1 amide bonds. The molecule has 2 aromatic carbocycles. The summed E-state index contributed by atoms with van der Waals surface area (Å²) in [5, 5.41) is 20.3. The van der Waals surface area contributed by atoms with Crippen LogP contribution in [0.25, 0.3) is 16.9 Å². The largest absolute Gasteiger partial charge is 0.569 e. The zero-order chi connectivity index (χ0) is 32.2. The van der Waals surface area contributed by atoms with Crippen molar-refractivity contribution in [3.8, 4) is 16.9 Å². The second-order valence-corrected chi connectivity index (χ2v) is 11.2. The molecule has 14 nitrogen and oxygen atoms in total. The molecule has 18 heteroatoms. The lowest BCUT2D eigenvalue weighted by Gasteiger charge is -2.20. The zero-order valence-corrected chi connectivity index (χ0v) is 24.3. The number of sulfonamides is 1. The van der Waals surface area contributed by atoms with Gasteiger partial charge < -0.3 is 14.7 Å². The SMILES string of the molecule is COC(=O)OC(C)ON=[N+]([O-])N1CCC[C@H]1C(=O)NS(=O)(=O)c1ccc(-n2nc(C(F)(F)F)cc2-c2ccc(C)cc2)cc1. The molecule has 44 heavy (non-hydrogen) atoms. The van der Waals surface area contributed by atoms with Crippen LogP contribution in [0, 0.1) is 12.1 Å². The van der Waals surface area contributed by atoms with Crippen LogP contribution in [0.4, 0.5) is 18.0 Å². The molecule has 0 saturated carbocycles. The van der Waals surface area contributed by atoms with E-state index in [1.54, 1.807) is 24.3 Å². The minimum absolute atomic E-state index is 0.0442. The third-order valence-corrected chi connectivity index (χ3v) is 7.78. The van der Waals surface area contributed by atoms with Gasteiger partial charge in [-0.2, -0.15) is 18.3 Å². The van der Waals surface area contributed by atoms with Crippen LogP contribution in [-0.2, 0) is 35.3 Å². The van der Waals surface area contributed by atoms with Crippen LogP contribution in [0.5, 0.6) is 0 Å². The first-order valence-corrected chi connectivity index (χ1v) is 14.4. The Morgan fingerprint density at radius 1 is 1.16 bits per heavy atom. The standard InChI is InChI=1S/C26H27F3N6O8S/c1-16-6-8-18(9-7-16)22-15-23(26(27,28)29)30-34(22)19-10-12-20(13-11-19)44(39,40)31-24(36)21-5-4-14-33(21)35(38)32-43-17(2)42-25(37)41-3/h6-13,15,17,21H,4-5,14H2,1-3H3,(H,31,36)/t17?,21-/m0/s1. The number of benzene rings is 2. The van der Waals surface area contributed by atoms with Gasteiger partial charge in [0.2, 0.25) is 5.28 Å². The van der Waals surface area contributed by atoms with Crippen LogP contribution in [0.2, 0.25) is 0 Å². The molecule has 2 atom stereocenters. The van der Waals surface area contributed by atoms with Crippen molar-refractivity contribution in [2.75, 3.05) is 13.7 Å². The fourth-order valence-corrected chi connectivity index (χ4v) is 5.27. The van der Waals surface area contributed by atoms with Gasteiger partial charge in [0.05, 0.1) is 34.9 Å². The molecule has 4 rings (SSSR count). The van der Waals surface area contributed by atoms with Crippen LogP contribution >= 0.6 is 0 Å². The number of rotatable bonds is 9. The number of hydrogen-bond donors (Lipinski definition) is 1. The molecule has 0 aliphatic carbocycles. The lowest BCUT2D eigenvalue weighted by Crippen LogP contribution is -2.47. The van der Waals surface area contributed by atoms with E-state index >= 15 is 0 Å². The molecule has 236 valence electrons. The monoisotopic (exact) mass is 640 g/mol. The molecule has 1 fully saturated rings. The van der Waals surface area contributed by atoms with Crippen molar-refractivity contribution in [1.29, 1.82) is 0 Å². The van der Waals surface area contributed by atoms with Crippen LogP contribution in [-0.4, -0.2) is 66.2 Å². The van der Waals surface area contributed by atoms with Gasteiger partial charge in [0.15, 0.2) is 11.7 Å². The molecule has 1 aromatic heterocycles. The highest BCUT2D eigenvalue weighted by Gasteiger charge is 2.39. The van der Waals surface area contributed by atoms with E-state index in [1.165, 1.54) is 19.1 Å². The third kappa shape index (κ3) is 7.36. The van der Waals surface area contributed by atoms with Gasteiger partial charge in [-0.3, -0.25) is 9.63 Å². The number of nitrogens with one attached hydrogen (secondary N) is 1. The summed E-state index contributed by atoms with van der Waals surface area (Å²) in [6.07, 6.45) is -6.63. The van der Waals surface area contributed by atoms with Crippen LogP contribution < -0.4 is 4.72 Å². The number of hydrogen-bond acceptors (Lipinski definition) is 10. The Labute approximate surface area is 249 Å². The summed E-state index contributed by atoms with van der Waals surface area (Å²) < 4.78 is 78.4. The second-order valence-electron chi connectivity index (χ2n) is 9.55. The van der Waals surface area contributed by atoms with E-state index in [9.17, 15) is 36.4 Å². The van der Waals surface area contributed by atoms with Crippen LogP contribution in [0.3, 0.4) is 0 Å². The minimum atomic E-state index is -4.72. The van der Waals surface area contributed by atoms with E-state index in [0.717, 1.165) is 40.6 Å². The number of carbonyl (C=O) groups excluding carboxylic acids is 2. The second kappa shape index (κ2) is 12.8. The first-order chi connectivity index (χ1) is 20.7. The van der Waals surface area contributed by atoms with Crippen molar-refractivity contribution in [2.24, 2.45) is 5.28 Å². The summed E-state index contributed by atoms with van der Waals surface area (Å²) in [7, 11) is -3.40. The third-order valence-electron chi connectivity index (χ3n) is 6.41. The summed E-state index contributed by atoms with van der Waals surface area (Å²) in [5.74, 6) is -1.02. The maximum absolute atomic E-state index is 13.5. The number of methoxy groups -OCH3 is 1. The Bertz CT molecular complexity index is 1640. The smallest absolute Gasteiger partial charge is 0.511 e. The van der Waals surface area contributed by atoms with E-state index in [4.69, 9.17) is 4.84 Å². The van der Waals surface area contributed by atoms with Crippen molar-refractivity contribution < 1.29 is 50.5 Å². The summed E-state index contributed by atoms with van der Waals surface area (Å²) in [6.45, 7) is 3.13. The number of hydrazine groups is 1. The molecule has 1 N–H and O–H groups in total. The molecule has 0 radical (unpaired) electrons. The summed E-state index contributed by atoms with van der Waals surface area (Å²) in [6, 6.07) is 11.1. The van der Waals surface area contributed by atoms with E-state index in [-0.39, 0.29) is 34.2 Å². The maximum atomic E-state index is 13.5. The summed E-state index contributed by atoms with van der Waals surface area (Å²) >= 11 is 0. The average molecular weight is 641 g/mol. The van der Waals surface area contributed by atoms with Gasteiger partial charge in [0.25, 0.3) is 22.2 Å². The Balaban J connectivity index is 1.51. The fraction of sp³-hybridized carbons (Fsp3) is 0.346. The Morgan fingerprint density at radius 3 is 2.43 bits per heavy atom. The Kier molecular flexibility index (Phi) is 9.31. The first kappa shape index (κ1) is 32.1. The van der Waals surface area contributed by atoms with Crippen molar-refractivity contribution in [1.82, 2.24) is 19.5 Å². The highest BCUT2D eigenvalue weighted by Crippen LogP contribution is 2.33. The lowest BCUT2D eigenvalue weighted by molar-refractivity contribution is -0.713. The summed E-state index contributed by atoms with van der Waals surface area (Å²) in [4.78, 5) is 28.3. The highest BCUT2D eigenvalue weighted by molar-refractivity contribution is 7.90. The van der Waals surface area contributed by atoms with E-state index in [2.05, 4.69) is 19.8 Å². The lowest BCUT2D eigenvalue weighted by atomic mass is 10.1. The Hall–Kier alpha value is -4.87. The number of nitrogens with zero attached hydrogens (tertiary/aromatic N) is 5. The first-order valence-electron chi connectivity index (χ1n) is 13.0. The van der Waals surface area contributed by atoms with E-state index in [1.807, 2.05) is 11.6 Å².